The maximum atomic E-state index is 12.8. The smallest absolute Gasteiger partial charge is 0.405 e. The first-order chi connectivity index (χ1) is 17.3. The molecule has 3 N–H and O–H groups in total. The van der Waals surface area contributed by atoms with E-state index in [9.17, 15) is 31.5 Å². The van der Waals surface area contributed by atoms with E-state index in [1.54, 1.807) is 0 Å². The number of nitrogens with zero attached hydrogens (tertiary/aromatic N) is 1. The number of nitrogens with one attached hydrogen (secondary N) is 2. The average Bonchev–Trinajstić information content (AvgIpc) is 2.82. The van der Waals surface area contributed by atoms with Gasteiger partial charge < -0.3 is 20.5 Å². The summed E-state index contributed by atoms with van der Waals surface area (Å²) in [7, 11) is -3.47. The molecule has 0 aliphatic carbocycles. The molecule has 1 heterocycles. The van der Waals surface area contributed by atoms with Crippen LogP contribution >= 0.6 is 23.2 Å². The van der Waals surface area contributed by atoms with Crippen molar-refractivity contribution in [3.8, 4) is 16.9 Å². The number of benzene rings is 2. The van der Waals surface area contributed by atoms with E-state index in [-0.39, 0.29) is 43.2 Å². The van der Waals surface area contributed by atoms with E-state index in [4.69, 9.17) is 23.2 Å². The van der Waals surface area contributed by atoms with Crippen molar-refractivity contribution < 1.29 is 36.2 Å². The molecule has 0 saturated carbocycles. The molecule has 1 atom stereocenters. The van der Waals surface area contributed by atoms with Gasteiger partial charge in [0, 0.05) is 23.0 Å². The van der Waals surface area contributed by atoms with Crippen LogP contribution in [-0.4, -0.2) is 43.3 Å². The van der Waals surface area contributed by atoms with Crippen molar-refractivity contribution in [1.82, 2.24) is 10.3 Å². The Morgan fingerprint density at radius 1 is 1.14 bits per heavy atom. The zero-order chi connectivity index (χ0) is 27.4. The number of aromatic nitrogens is 1. The number of aliphatic hydroxyl groups excluding tert-OH is 1. The van der Waals surface area contributed by atoms with Crippen molar-refractivity contribution in [2.75, 3.05) is 17.7 Å². The van der Waals surface area contributed by atoms with Crippen LogP contribution in [0.15, 0.2) is 59.6 Å². The van der Waals surface area contributed by atoms with E-state index in [2.05, 4.69) is 20.4 Å². The highest BCUT2D eigenvalue weighted by Crippen LogP contribution is 2.42. The minimum atomic E-state index is -4.93. The Morgan fingerprint density at radius 3 is 2.32 bits per heavy atom. The highest BCUT2D eigenvalue weighted by atomic mass is 35.5. The Bertz CT molecular complexity index is 1360. The minimum absolute atomic E-state index is 0.00599. The summed E-state index contributed by atoms with van der Waals surface area (Å²) in [6, 6.07) is 8.79. The van der Waals surface area contributed by atoms with E-state index in [1.807, 2.05) is 0 Å². The lowest BCUT2D eigenvalue weighted by Crippen LogP contribution is -2.34. The largest absolute Gasteiger partial charge is 0.573 e. The lowest BCUT2D eigenvalue weighted by Gasteiger charge is -2.18. The van der Waals surface area contributed by atoms with Gasteiger partial charge in [0.25, 0.3) is 0 Å². The zero-order valence-electron chi connectivity index (χ0n) is 19.0. The maximum absolute atomic E-state index is 12.8. The fourth-order valence-electron chi connectivity index (χ4n) is 3.28. The van der Waals surface area contributed by atoms with Gasteiger partial charge in [0.1, 0.15) is 5.75 Å². The number of anilines is 1. The van der Waals surface area contributed by atoms with Crippen LogP contribution in [0.1, 0.15) is 18.7 Å². The van der Waals surface area contributed by atoms with Crippen molar-refractivity contribution in [3.05, 3.63) is 70.5 Å². The van der Waals surface area contributed by atoms with Crippen molar-refractivity contribution in [3.63, 3.8) is 0 Å². The molecule has 3 rings (SSSR count). The summed E-state index contributed by atoms with van der Waals surface area (Å²) in [4.78, 5) is 16.5. The predicted octanol–water partition coefficient (Wildman–Crippen LogP) is 5.60. The number of aliphatic hydroxyl groups is 1. The van der Waals surface area contributed by atoms with Gasteiger partial charge in [0.2, 0.25) is 0 Å². The quantitative estimate of drug-likeness (QED) is 0.320. The van der Waals surface area contributed by atoms with Crippen LogP contribution in [0.3, 0.4) is 0 Å². The van der Waals surface area contributed by atoms with E-state index in [0.717, 1.165) is 12.3 Å². The number of alkyl halides is 3. The van der Waals surface area contributed by atoms with E-state index < -0.39 is 40.6 Å². The number of urea groups is 1. The molecule has 0 aliphatic rings. The molecule has 3 aromatic rings. The summed E-state index contributed by atoms with van der Waals surface area (Å²) in [5, 5.41) is 14.5. The molecule has 1 aromatic heterocycles. The van der Waals surface area contributed by atoms with Gasteiger partial charge in [0.15, 0.2) is 9.84 Å². The first-order valence-corrected chi connectivity index (χ1v) is 13.0. The van der Waals surface area contributed by atoms with Crippen LogP contribution in [-0.2, 0) is 9.84 Å². The SMILES string of the molecule is CCS(=O)(=O)c1ccc(C(CO)NC(=O)Nc2cc(Cl)c(-c3ccccc3OC(F)(F)F)c(Cl)c2)nc1. The van der Waals surface area contributed by atoms with Crippen LogP contribution < -0.4 is 15.4 Å². The Hall–Kier alpha value is -3.06. The van der Waals surface area contributed by atoms with E-state index in [1.165, 1.54) is 49.4 Å². The molecular weight excluding hydrogens is 558 g/mol. The van der Waals surface area contributed by atoms with Gasteiger partial charge in [-0.1, -0.05) is 48.3 Å². The number of amides is 2. The molecular formula is C23H20Cl2F3N3O5S. The number of hydrogen-bond acceptors (Lipinski definition) is 6. The summed E-state index contributed by atoms with van der Waals surface area (Å²) < 4.78 is 66.3. The number of halogens is 5. The molecule has 8 nitrogen and oxygen atoms in total. The van der Waals surface area contributed by atoms with Crippen molar-refractivity contribution >= 4 is 44.8 Å². The highest BCUT2D eigenvalue weighted by Gasteiger charge is 2.32. The first kappa shape index (κ1) is 28.5. The Kier molecular flexibility index (Phi) is 8.90. The number of para-hydroxylation sites is 1. The summed E-state index contributed by atoms with van der Waals surface area (Å²) in [6.45, 7) is 0.947. The van der Waals surface area contributed by atoms with Crippen LogP contribution in [0.5, 0.6) is 5.75 Å². The number of carbonyl (C=O) groups excluding carboxylic acids is 1. The number of sulfone groups is 1. The molecule has 0 fully saturated rings. The Labute approximate surface area is 220 Å². The van der Waals surface area contributed by atoms with Gasteiger partial charge in [-0.3, -0.25) is 4.98 Å². The van der Waals surface area contributed by atoms with Crippen LogP contribution in [0, 0.1) is 0 Å². The molecule has 0 radical (unpaired) electrons. The summed E-state index contributed by atoms with van der Waals surface area (Å²) in [5.74, 6) is -0.614. The second-order valence-electron chi connectivity index (χ2n) is 7.51. The number of rotatable bonds is 8. The molecule has 14 heteroatoms. The monoisotopic (exact) mass is 577 g/mol. The number of hydrogen-bond donors (Lipinski definition) is 3. The third kappa shape index (κ3) is 7.25. The van der Waals surface area contributed by atoms with E-state index >= 15 is 0 Å². The molecule has 2 amide bonds. The van der Waals surface area contributed by atoms with Crippen molar-refractivity contribution in [1.29, 1.82) is 0 Å². The second kappa shape index (κ2) is 11.5. The van der Waals surface area contributed by atoms with Crippen molar-refractivity contribution in [2.24, 2.45) is 0 Å². The molecule has 0 bridgehead atoms. The van der Waals surface area contributed by atoms with Crippen LogP contribution in [0.2, 0.25) is 10.0 Å². The lowest BCUT2D eigenvalue weighted by atomic mass is 10.0. The van der Waals surface area contributed by atoms with Gasteiger partial charge in [-0.25, -0.2) is 13.2 Å². The molecule has 0 aliphatic heterocycles. The normalized spacial score (nSPS) is 12.6. The first-order valence-electron chi connectivity index (χ1n) is 10.6. The average molecular weight is 578 g/mol. The lowest BCUT2D eigenvalue weighted by molar-refractivity contribution is -0.274. The summed E-state index contributed by atoms with van der Waals surface area (Å²) in [6.07, 6.45) is -3.80. The standard InChI is InChI=1S/C23H20Cl2F3N3O5S/c1-2-37(34,35)14-7-8-18(29-11-14)19(12-32)31-22(33)30-13-9-16(24)21(17(25)10-13)15-5-3-4-6-20(15)36-23(26,27)28/h3-11,19,32H,2,12H2,1H3,(H2,30,31,33). The fourth-order valence-corrected chi connectivity index (χ4v) is 4.79. The Morgan fingerprint density at radius 2 is 1.78 bits per heavy atom. The number of pyridine rings is 1. The molecule has 0 spiro atoms. The molecule has 37 heavy (non-hydrogen) atoms. The van der Waals surface area contributed by atoms with Crippen molar-refractivity contribution in [2.45, 2.75) is 24.2 Å². The predicted molar refractivity (Wildman–Crippen MR) is 133 cm³/mol. The van der Waals surface area contributed by atoms with Gasteiger partial charge in [-0.15, -0.1) is 13.2 Å². The summed E-state index contributed by atoms with van der Waals surface area (Å²) >= 11 is 12.6. The second-order valence-corrected chi connectivity index (χ2v) is 10.6. The third-order valence-corrected chi connectivity index (χ3v) is 7.34. The summed E-state index contributed by atoms with van der Waals surface area (Å²) in [5.41, 5.74) is 0.374. The van der Waals surface area contributed by atoms with Gasteiger partial charge in [-0.05, 0) is 30.3 Å². The molecule has 1 unspecified atom stereocenters. The van der Waals surface area contributed by atoms with Gasteiger partial charge >= 0.3 is 12.4 Å². The third-order valence-electron chi connectivity index (χ3n) is 5.03. The molecule has 2 aromatic carbocycles. The topological polar surface area (TPSA) is 118 Å². The minimum Gasteiger partial charge on any atom is -0.405 e. The van der Waals surface area contributed by atoms with E-state index in [0.29, 0.717) is 0 Å². The number of carbonyl (C=O) groups is 1. The fraction of sp³-hybridized carbons (Fsp3) is 0.217. The number of ether oxygens (including phenoxy) is 1. The van der Waals surface area contributed by atoms with Crippen LogP contribution in [0.4, 0.5) is 23.7 Å². The molecule has 198 valence electrons. The van der Waals surface area contributed by atoms with Gasteiger partial charge in [0.05, 0.1) is 39.0 Å². The zero-order valence-corrected chi connectivity index (χ0v) is 21.3. The highest BCUT2D eigenvalue weighted by molar-refractivity contribution is 7.91. The molecule has 0 saturated heterocycles. The Balaban J connectivity index is 1.78. The van der Waals surface area contributed by atoms with Gasteiger partial charge in [-0.2, -0.15) is 0 Å². The van der Waals surface area contributed by atoms with Crippen LogP contribution in [0.25, 0.3) is 11.1 Å². The maximum Gasteiger partial charge on any atom is 0.573 e.